The van der Waals surface area contributed by atoms with E-state index in [9.17, 15) is 13.2 Å². The number of aryl methyl sites for hydroxylation is 1. The third-order valence-electron chi connectivity index (χ3n) is 3.26. The molecule has 1 N–H and O–H groups in total. The van der Waals surface area contributed by atoms with E-state index in [1.54, 1.807) is 18.2 Å². The number of carbonyl (C=O) groups is 1. The van der Waals surface area contributed by atoms with Crippen molar-refractivity contribution < 1.29 is 13.2 Å². The Kier molecular flexibility index (Phi) is 7.47. The van der Waals surface area contributed by atoms with Crippen molar-refractivity contribution in [3.05, 3.63) is 28.8 Å². The fraction of sp³-hybridized carbons (Fsp3) is 0.533. The summed E-state index contributed by atoms with van der Waals surface area (Å²) in [4.78, 5) is 14.1. The Morgan fingerprint density at radius 2 is 1.91 bits per heavy atom. The summed E-state index contributed by atoms with van der Waals surface area (Å²) in [6.07, 6.45) is 1.77. The minimum atomic E-state index is -3.43. The Hall–Kier alpha value is -1.15. The summed E-state index contributed by atoms with van der Waals surface area (Å²) in [6, 6.07) is 5.12. The van der Waals surface area contributed by atoms with Crippen LogP contribution in [0.3, 0.4) is 0 Å². The van der Waals surface area contributed by atoms with Crippen LogP contribution in [0.15, 0.2) is 18.2 Å². The molecule has 0 aliphatic carbocycles. The highest BCUT2D eigenvalue weighted by Gasteiger charge is 2.20. The molecule has 1 aromatic carbocycles. The molecule has 1 aromatic rings. The lowest BCUT2D eigenvalue weighted by Gasteiger charge is -2.20. The van der Waals surface area contributed by atoms with Gasteiger partial charge in [0.25, 0.3) is 0 Å². The molecule has 0 unspecified atom stereocenters. The normalized spacial score (nSPS) is 12.0. The van der Waals surface area contributed by atoms with E-state index in [1.165, 1.54) is 4.31 Å². The lowest BCUT2D eigenvalue weighted by atomic mass is 10.2. The quantitative estimate of drug-likeness (QED) is 0.766. The van der Waals surface area contributed by atoms with Gasteiger partial charge < -0.3 is 10.2 Å². The summed E-state index contributed by atoms with van der Waals surface area (Å²) in [6.45, 7) is 2.69. The molecule has 0 bridgehead atoms. The Labute approximate surface area is 143 Å². The number of hydrogen-bond acceptors (Lipinski definition) is 4. The van der Waals surface area contributed by atoms with Gasteiger partial charge in [0, 0.05) is 17.3 Å². The molecule has 8 heteroatoms. The van der Waals surface area contributed by atoms with Crippen LogP contribution in [0, 0.1) is 6.92 Å². The van der Waals surface area contributed by atoms with Crippen LogP contribution < -0.4 is 5.32 Å². The number of rotatable bonds is 8. The van der Waals surface area contributed by atoms with Crippen LogP contribution in [-0.4, -0.2) is 63.5 Å². The molecule has 0 fully saturated rings. The number of nitrogens with one attached hydrogen (secondary N) is 1. The van der Waals surface area contributed by atoms with Crippen molar-refractivity contribution in [3.8, 4) is 0 Å². The van der Waals surface area contributed by atoms with Crippen molar-refractivity contribution in [1.82, 2.24) is 9.21 Å². The average molecular weight is 362 g/mol. The predicted octanol–water partition coefficient (Wildman–Crippen LogP) is 1.80. The van der Waals surface area contributed by atoms with Gasteiger partial charge in [0.15, 0.2) is 0 Å². The maximum atomic E-state index is 12.1. The van der Waals surface area contributed by atoms with Gasteiger partial charge in [-0.2, -0.15) is 4.31 Å². The van der Waals surface area contributed by atoms with E-state index in [1.807, 2.05) is 25.9 Å². The largest absolute Gasteiger partial charge is 0.325 e. The van der Waals surface area contributed by atoms with Gasteiger partial charge in [-0.1, -0.05) is 11.6 Å². The number of anilines is 1. The highest BCUT2D eigenvalue weighted by Crippen LogP contribution is 2.19. The summed E-state index contributed by atoms with van der Waals surface area (Å²) in [5, 5.41) is 3.31. The van der Waals surface area contributed by atoms with Crippen LogP contribution in [0.2, 0.25) is 5.02 Å². The standard InChI is InChI=1S/C15H24ClN3O3S/c1-12-10-13(16)6-7-14(12)17-15(20)11-19(23(4,21)22)9-5-8-18(2)3/h6-7,10H,5,8-9,11H2,1-4H3,(H,17,20). The Bertz CT molecular complexity index is 647. The van der Waals surface area contributed by atoms with Crippen molar-refractivity contribution in [2.45, 2.75) is 13.3 Å². The van der Waals surface area contributed by atoms with E-state index >= 15 is 0 Å². The van der Waals surface area contributed by atoms with Crippen molar-refractivity contribution in [2.24, 2.45) is 0 Å². The molecular weight excluding hydrogens is 338 g/mol. The van der Waals surface area contributed by atoms with Crippen LogP contribution in [0.25, 0.3) is 0 Å². The second-order valence-electron chi connectivity index (χ2n) is 5.76. The van der Waals surface area contributed by atoms with Crippen LogP contribution in [0.4, 0.5) is 5.69 Å². The summed E-state index contributed by atoms with van der Waals surface area (Å²) < 4.78 is 24.8. The first kappa shape index (κ1) is 19.9. The van der Waals surface area contributed by atoms with Crippen LogP contribution in [0.5, 0.6) is 0 Å². The maximum Gasteiger partial charge on any atom is 0.239 e. The Morgan fingerprint density at radius 1 is 1.26 bits per heavy atom. The van der Waals surface area contributed by atoms with Gasteiger partial charge >= 0.3 is 0 Å². The first-order chi connectivity index (χ1) is 10.6. The van der Waals surface area contributed by atoms with E-state index in [0.29, 0.717) is 23.7 Å². The first-order valence-electron chi connectivity index (χ1n) is 7.25. The van der Waals surface area contributed by atoms with Crippen molar-refractivity contribution >= 4 is 33.2 Å². The fourth-order valence-corrected chi connectivity index (χ4v) is 3.08. The number of halogens is 1. The molecular formula is C15H24ClN3O3S. The van der Waals surface area contributed by atoms with E-state index in [0.717, 1.165) is 18.4 Å². The number of nitrogens with zero attached hydrogens (tertiary/aromatic N) is 2. The predicted molar refractivity (Wildman–Crippen MR) is 94.4 cm³/mol. The molecule has 0 atom stereocenters. The van der Waals surface area contributed by atoms with Gasteiger partial charge in [-0.3, -0.25) is 4.79 Å². The van der Waals surface area contributed by atoms with Gasteiger partial charge in [0.1, 0.15) is 0 Å². The van der Waals surface area contributed by atoms with Gasteiger partial charge in [-0.15, -0.1) is 0 Å². The van der Waals surface area contributed by atoms with Crippen LogP contribution in [-0.2, 0) is 14.8 Å². The second-order valence-corrected chi connectivity index (χ2v) is 8.18. The molecule has 23 heavy (non-hydrogen) atoms. The van der Waals surface area contributed by atoms with Gasteiger partial charge in [-0.05, 0) is 57.7 Å². The van der Waals surface area contributed by atoms with Crippen LogP contribution >= 0.6 is 11.6 Å². The van der Waals surface area contributed by atoms with E-state index in [2.05, 4.69) is 5.32 Å². The molecule has 0 radical (unpaired) electrons. The molecule has 130 valence electrons. The van der Waals surface area contributed by atoms with Crippen molar-refractivity contribution in [2.75, 3.05) is 45.3 Å². The molecule has 0 heterocycles. The average Bonchev–Trinajstić information content (AvgIpc) is 2.39. The molecule has 1 amide bonds. The zero-order chi connectivity index (χ0) is 17.6. The highest BCUT2D eigenvalue weighted by atomic mass is 35.5. The second kappa shape index (κ2) is 8.63. The zero-order valence-electron chi connectivity index (χ0n) is 14.0. The highest BCUT2D eigenvalue weighted by molar-refractivity contribution is 7.88. The molecule has 0 aliphatic heterocycles. The fourth-order valence-electron chi connectivity index (χ4n) is 2.04. The van der Waals surface area contributed by atoms with E-state index < -0.39 is 10.0 Å². The summed E-state index contributed by atoms with van der Waals surface area (Å²) in [5.41, 5.74) is 1.45. The van der Waals surface area contributed by atoms with E-state index in [4.69, 9.17) is 11.6 Å². The molecule has 0 saturated carbocycles. The molecule has 0 aliphatic rings. The van der Waals surface area contributed by atoms with Gasteiger partial charge in [0.05, 0.1) is 12.8 Å². The van der Waals surface area contributed by atoms with Gasteiger partial charge in [0.2, 0.25) is 15.9 Å². The molecule has 0 aromatic heterocycles. The van der Waals surface area contributed by atoms with Crippen molar-refractivity contribution in [3.63, 3.8) is 0 Å². The van der Waals surface area contributed by atoms with Crippen molar-refractivity contribution in [1.29, 1.82) is 0 Å². The maximum absolute atomic E-state index is 12.1. The molecule has 0 saturated heterocycles. The third-order valence-corrected chi connectivity index (χ3v) is 4.75. The first-order valence-corrected chi connectivity index (χ1v) is 9.48. The summed E-state index contributed by atoms with van der Waals surface area (Å²) in [5.74, 6) is -0.370. The lowest BCUT2D eigenvalue weighted by Crippen LogP contribution is -2.38. The molecule has 1 rings (SSSR count). The van der Waals surface area contributed by atoms with Crippen LogP contribution in [0.1, 0.15) is 12.0 Å². The van der Waals surface area contributed by atoms with E-state index in [-0.39, 0.29) is 12.5 Å². The topological polar surface area (TPSA) is 69.7 Å². The minimum Gasteiger partial charge on any atom is -0.325 e. The number of hydrogen-bond donors (Lipinski definition) is 1. The monoisotopic (exact) mass is 361 g/mol. The number of carbonyl (C=O) groups excluding carboxylic acids is 1. The number of sulfonamides is 1. The zero-order valence-corrected chi connectivity index (χ0v) is 15.5. The Morgan fingerprint density at radius 3 is 2.43 bits per heavy atom. The Balaban J connectivity index is 2.69. The molecule has 0 spiro atoms. The summed E-state index contributed by atoms with van der Waals surface area (Å²) >= 11 is 5.88. The third kappa shape index (κ3) is 7.30. The molecule has 6 nitrogen and oxygen atoms in total. The minimum absolute atomic E-state index is 0.200. The number of amides is 1. The smallest absolute Gasteiger partial charge is 0.239 e. The number of benzene rings is 1. The summed E-state index contributed by atoms with van der Waals surface area (Å²) in [7, 11) is 0.401. The van der Waals surface area contributed by atoms with Gasteiger partial charge in [-0.25, -0.2) is 8.42 Å². The lowest BCUT2D eigenvalue weighted by molar-refractivity contribution is -0.116. The SMILES string of the molecule is Cc1cc(Cl)ccc1NC(=O)CN(CCCN(C)C)S(C)(=O)=O.